The van der Waals surface area contributed by atoms with Gasteiger partial charge in [-0.05, 0) is 13.8 Å². The van der Waals surface area contributed by atoms with Crippen LogP contribution in [0, 0.1) is 0 Å². The zero-order valence-electron chi connectivity index (χ0n) is 8.27. The summed E-state index contributed by atoms with van der Waals surface area (Å²) in [6.07, 6.45) is 1.46. The largest absolute Gasteiger partial charge is 0.366 e. The summed E-state index contributed by atoms with van der Waals surface area (Å²) in [5.41, 5.74) is -1.58. The minimum absolute atomic E-state index is 0.261. The Labute approximate surface area is 87.1 Å². The molecule has 0 spiro atoms. The van der Waals surface area contributed by atoms with Crippen LogP contribution >= 0.6 is 15.2 Å². The molecule has 0 aliphatic carbocycles. The molecule has 0 aliphatic rings. The van der Waals surface area contributed by atoms with E-state index in [1.54, 1.807) is 13.8 Å². The summed E-state index contributed by atoms with van der Waals surface area (Å²) in [7, 11) is -9.94. The lowest BCUT2D eigenvalue weighted by atomic mass is 10.3. The van der Waals surface area contributed by atoms with Crippen LogP contribution in [0.5, 0.6) is 0 Å². The van der Waals surface area contributed by atoms with Gasteiger partial charge in [-0.2, -0.15) is 0 Å². The van der Waals surface area contributed by atoms with Crippen molar-refractivity contribution in [2.45, 2.75) is 19.4 Å². The summed E-state index contributed by atoms with van der Waals surface area (Å²) >= 11 is 0. The fourth-order valence-corrected chi connectivity index (χ4v) is 2.82. The van der Waals surface area contributed by atoms with Crippen molar-refractivity contribution in [1.82, 2.24) is 0 Å². The van der Waals surface area contributed by atoms with E-state index in [2.05, 4.69) is 4.74 Å². The summed E-state index contributed by atoms with van der Waals surface area (Å²) in [6, 6.07) is 0. The number of hydrogen-bond acceptors (Lipinski definition) is 3. The van der Waals surface area contributed by atoms with Gasteiger partial charge in [-0.15, -0.1) is 0 Å². The molecule has 0 aromatic carbocycles. The molecule has 0 radical (unpaired) electrons. The number of hydrogen-bond donors (Lipinski definition) is 4. The maximum Gasteiger partial charge on any atom is 0.366 e. The van der Waals surface area contributed by atoms with Crippen LogP contribution in [0.1, 0.15) is 13.8 Å². The van der Waals surface area contributed by atoms with E-state index in [1.165, 1.54) is 6.08 Å². The Morgan fingerprint density at radius 2 is 1.60 bits per heavy atom. The Hall–Kier alpha value is -0.0000000000000000416. The van der Waals surface area contributed by atoms with Gasteiger partial charge in [0.15, 0.2) is 0 Å². The second-order valence-electron chi connectivity index (χ2n) is 3.12. The molecule has 0 aromatic heterocycles. The Morgan fingerprint density at radius 1 is 1.20 bits per heavy atom. The predicted octanol–water partition coefficient (Wildman–Crippen LogP) is 0.608. The van der Waals surface area contributed by atoms with Gasteiger partial charge in [-0.3, -0.25) is 9.13 Å². The van der Waals surface area contributed by atoms with Crippen molar-refractivity contribution in [3.63, 3.8) is 0 Å². The first-order valence-electron chi connectivity index (χ1n) is 3.90. The summed E-state index contributed by atoms with van der Waals surface area (Å²) in [5, 5.41) is 0. The molecule has 0 saturated heterocycles. The van der Waals surface area contributed by atoms with Crippen molar-refractivity contribution in [2.75, 3.05) is 6.61 Å². The van der Waals surface area contributed by atoms with E-state index >= 15 is 0 Å². The minimum atomic E-state index is -4.97. The molecule has 7 nitrogen and oxygen atoms in total. The van der Waals surface area contributed by atoms with Crippen molar-refractivity contribution in [3.8, 4) is 0 Å². The molecule has 4 N–H and O–H groups in total. The van der Waals surface area contributed by atoms with Crippen LogP contribution in [0.25, 0.3) is 0 Å². The van der Waals surface area contributed by atoms with Crippen molar-refractivity contribution in [3.05, 3.63) is 11.6 Å². The van der Waals surface area contributed by atoms with E-state index in [0.717, 1.165) is 5.57 Å². The second-order valence-corrected chi connectivity index (χ2v) is 6.82. The standard InChI is InChI=1S/C6H14O7P2/c1-5(2)3-4-13-6(14(7,8)9)15(10,11)12/h3,6H,4H2,1-2H3,(H2,7,8,9)(H2,10,11,12). The first-order chi connectivity index (χ1) is 6.55. The molecule has 0 fully saturated rings. The van der Waals surface area contributed by atoms with E-state index < -0.39 is 20.8 Å². The summed E-state index contributed by atoms with van der Waals surface area (Å²) in [5.74, 6) is 0. The van der Waals surface area contributed by atoms with Gasteiger partial charge in [0.1, 0.15) is 0 Å². The Bertz CT molecular complexity index is 298. The summed E-state index contributed by atoms with van der Waals surface area (Å²) in [4.78, 5) is 34.6. The third kappa shape index (κ3) is 6.22. The zero-order chi connectivity index (χ0) is 12.3. The van der Waals surface area contributed by atoms with Gasteiger partial charge in [-0.1, -0.05) is 11.6 Å². The van der Waals surface area contributed by atoms with E-state index in [1.807, 2.05) is 0 Å². The predicted molar refractivity (Wildman–Crippen MR) is 53.3 cm³/mol. The Balaban J connectivity index is 4.64. The smallest absolute Gasteiger partial charge is 0.351 e. The highest BCUT2D eigenvalue weighted by Gasteiger charge is 2.44. The second kappa shape index (κ2) is 5.37. The van der Waals surface area contributed by atoms with Gasteiger partial charge >= 0.3 is 15.2 Å². The third-order valence-electron chi connectivity index (χ3n) is 1.31. The van der Waals surface area contributed by atoms with Gasteiger partial charge in [0.2, 0.25) is 0 Å². The lowest BCUT2D eigenvalue weighted by Crippen LogP contribution is -2.14. The molecule has 0 heterocycles. The topological polar surface area (TPSA) is 124 Å². The first-order valence-corrected chi connectivity index (χ1v) is 7.27. The van der Waals surface area contributed by atoms with E-state index in [9.17, 15) is 9.13 Å². The van der Waals surface area contributed by atoms with Crippen molar-refractivity contribution in [2.24, 2.45) is 0 Å². The lowest BCUT2D eigenvalue weighted by Gasteiger charge is -2.19. The average Bonchev–Trinajstić information content (AvgIpc) is 1.92. The van der Waals surface area contributed by atoms with Crippen LogP contribution in [0.15, 0.2) is 11.6 Å². The molecule has 0 rings (SSSR count). The maximum atomic E-state index is 10.7. The fraction of sp³-hybridized carbons (Fsp3) is 0.667. The highest BCUT2D eigenvalue weighted by Crippen LogP contribution is 2.60. The molecule has 0 bridgehead atoms. The number of allylic oxidation sites excluding steroid dienone is 1. The lowest BCUT2D eigenvalue weighted by molar-refractivity contribution is 0.134. The van der Waals surface area contributed by atoms with Crippen LogP contribution in [0.3, 0.4) is 0 Å². The maximum absolute atomic E-state index is 10.7. The van der Waals surface area contributed by atoms with Crippen molar-refractivity contribution < 1.29 is 33.4 Å². The van der Waals surface area contributed by atoms with Crippen molar-refractivity contribution >= 4 is 15.2 Å². The molecule has 0 amide bonds. The van der Waals surface area contributed by atoms with Gasteiger partial charge in [0.05, 0.1) is 6.61 Å². The monoisotopic (exact) mass is 260 g/mol. The quantitative estimate of drug-likeness (QED) is 0.421. The molecule has 0 aromatic rings. The third-order valence-corrected chi connectivity index (χ3v) is 4.57. The van der Waals surface area contributed by atoms with Crippen LogP contribution in [0.2, 0.25) is 0 Å². The molecule has 0 saturated carbocycles. The highest BCUT2D eigenvalue weighted by molar-refractivity contribution is 7.70. The Kier molecular flexibility index (Phi) is 5.37. The molecular formula is C6H14O7P2. The fourth-order valence-electron chi connectivity index (χ4n) is 0.691. The molecule has 90 valence electrons. The van der Waals surface area contributed by atoms with Gasteiger partial charge < -0.3 is 24.3 Å². The first kappa shape index (κ1) is 15.0. The summed E-state index contributed by atoms with van der Waals surface area (Å²) < 4.78 is 25.9. The molecular weight excluding hydrogens is 246 g/mol. The summed E-state index contributed by atoms with van der Waals surface area (Å²) in [6.45, 7) is 3.17. The van der Waals surface area contributed by atoms with Gasteiger partial charge in [0, 0.05) is 0 Å². The SMILES string of the molecule is CC(C)=CCOC(P(=O)(O)O)P(=O)(O)O. The van der Waals surface area contributed by atoms with Crippen LogP contribution in [-0.4, -0.2) is 31.8 Å². The van der Waals surface area contributed by atoms with E-state index in [-0.39, 0.29) is 6.61 Å². The number of ether oxygens (including phenoxy) is 1. The van der Waals surface area contributed by atoms with Crippen LogP contribution in [-0.2, 0) is 13.9 Å². The average molecular weight is 260 g/mol. The normalized spacial score (nSPS) is 13.0. The zero-order valence-corrected chi connectivity index (χ0v) is 10.1. The number of rotatable bonds is 5. The highest BCUT2D eigenvalue weighted by atomic mass is 31.2. The Morgan fingerprint density at radius 3 is 1.87 bits per heavy atom. The van der Waals surface area contributed by atoms with Crippen LogP contribution < -0.4 is 0 Å². The van der Waals surface area contributed by atoms with Crippen LogP contribution in [0.4, 0.5) is 0 Å². The van der Waals surface area contributed by atoms with E-state index in [0.29, 0.717) is 0 Å². The van der Waals surface area contributed by atoms with Crippen molar-refractivity contribution in [1.29, 1.82) is 0 Å². The molecule has 0 aliphatic heterocycles. The van der Waals surface area contributed by atoms with Gasteiger partial charge in [0.25, 0.3) is 5.59 Å². The molecule has 9 heteroatoms. The minimum Gasteiger partial charge on any atom is -0.351 e. The molecule has 0 atom stereocenters. The molecule has 0 unspecified atom stereocenters. The van der Waals surface area contributed by atoms with Gasteiger partial charge in [-0.25, -0.2) is 0 Å². The molecule has 15 heavy (non-hydrogen) atoms. The van der Waals surface area contributed by atoms with E-state index in [4.69, 9.17) is 19.6 Å².